The Labute approximate surface area is 148 Å². The van der Waals surface area contributed by atoms with E-state index < -0.39 is 10.2 Å². The molecule has 2 aromatic heterocycles. The highest BCUT2D eigenvalue weighted by molar-refractivity contribution is 7.86. The van der Waals surface area contributed by atoms with Gasteiger partial charge in [-0.15, -0.1) is 0 Å². The Bertz CT molecular complexity index is 833. The van der Waals surface area contributed by atoms with Crippen LogP contribution in [-0.2, 0) is 23.7 Å². The summed E-state index contributed by atoms with van der Waals surface area (Å²) in [6.45, 7) is 1.08. The second-order valence-corrected chi connectivity index (χ2v) is 8.72. The molecular weight excluding hydrogens is 340 g/mol. The molecule has 0 spiro atoms. The van der Waals surface area contributed by atoms with Crippen LogP contribution in [0.4, 0.5) is 0 Å². The van der Waals surface area contributed by atoms with E-state index in [1.165, 1.54) is 4.31 Å². The van der Waals surface area contributed by atoms with Gasteiger partial charge >= 0.3 is 0 Å². The summed E-state index contributed by atoms with van der Waals surface area (Å²) in [5.74, 6) is 0.996. The number of imidazole rings is 1. The van der Waals surface area contributed by atoms with Crippen molar-refractivity contribution in [3.8, 4) is 11.5 Å². The largest absolute Gasteiger partial charge is 0.333 e. The first-order valence-corrected chi connectivity index (χ1v) is 9.74. The maximum atomic E-state index is 12.4. The van der Waals surface area contributed by atoms with Crippen molar-refractivity contribution in [1.29, 1.82) is 0 Å². The van der Waals surface area contributed by atoms with Gasteiger partial charge < -0.3 is 4.57 Å². The van der Waals surface area contributed by atoms with Gasteiger partial charge in [-0.2, -0.15) is 17.0 Å². The lowest BCUT2D eigenvalue weighted by Gasteiger charge is -2.33. The van der Waals surface area contributed by atoms with Crippen LogP contribution in [0.2, 0.25) is 0 Å². The van der Waals surface area contributed by atoms with E-state index in [2.05, 4.69) is 15.0 Å². The molecular formula is C16H24N6O2S. The standard InChI is InChI=1S/C16H24N6O2S/c1-20(2)25(23,24)22-9-4-5-13(12-22)11-14-15(18-7-6-17-14)16-19-8-10-21(16)3/h6-8,10,13H,4-5,9,11-12H2,1-3H3/t13-/m0/s1. The highest BCUT2D eigenvalue weighted by atomic mass is 32.2. The second-order valence-electron chi connectivity index (χ2n) is 6.57. The first kappa shape index (κ1) is 18.0. The predicted octanol–water partition coefficient (Wildman–Crippen LogP) is 0.938. The molecule has 0 bridgehead atoms. The van der Waals surface area contributed by atoms with Crippen LogP contribution in [0.1, 0.15) is 18.5 Å². The Morgan fingerprint density at radius 1 is 1.20 bits per heavy atom. The van der Waals surface area contributed by atoms with Gasteiger partial charge in [0, 0.05) is 59.0 Å². The maximum absolute atomic E-state index is 12.4. The molecule has 1 fully saturated rings. The SMILES string of the molecule is CN(C)S(=O)(=O)N1CCC[C@@H](Cc2nccnc2-c2nccn2C)C1. The van der Waals surface area contributed by atoms with Gasteiger partial charge in [-0.1, -0.05) is 0 Å². The molecule has 0 aromatic carbocycles. The summed E-state index contributed by atoms with van der Waals surface area (Å²) in [7, 11) is 1.69. The summed E-state index contributed by atoms with van der Waals surface area (Å²) < 4.78 is 29.5. The van der Waals surface area contributed by atoms with E-state index in [0.717, 1.165) is 30.1 Å². The number of aromatic nitrogens is 4. The molecule has 0 unspecified atom stereocenters. The molecule has 9 heteroatoms. The molecule has 3 rings (SSSR count). The summed E-state index contributed by atoms with van der Waals surface area (Å²) in [5, 5.41) is 0. The van der Waals surface area contributed by atoms with E-state index in [-0.39, 0.29) is 5.92 Å². The third kappa shape index (κ3) is 3.73. The van der Waals surface area contributed by atoms with Gasteiger partial charge in [0.05, 0.1) is 5.69 Å². The normalized spacial score (nSPS) is 19.4. The van der Waals surface area contributed by atoms with E-state index in [9.17, 15) is 8.42 Å². The Kier molecular flexibility index (Phi) is 5.16. The Morgan fingerprint density at radius 2 is 1.96 bits per heavy atom. The van der Waals surface area contributed by atoms with E-state index in [1.807, 2.05) is 17.8 Å². The number of hydrogen-bond donors (Lipinski definition) is 0. The lowest BCUT2D eigenvalue weighted by molar-refractivity contribution is 0.253. The minimum absolute atomic E-state index is 0.221. The monoisotopic (exact) mass is 364 g/mol. The molecule has 1 saturated heterocycles. The average molecular weight is 364 g/mol. The zero-order valence-electron chi connectivity index (χ0n) is 14.8. The number of hydrogen-bond acceptors (Lipinski definition) is 5. The molecule has 136 valence electrons. The average Bonchev–Trinajstić information content (AvgIpc) is 3.01. The number of rotatable bonds is 5. The first-order valence-electron chi connectivity index (χ1n) is 8.34. The summed E-state index contributed by atoms with van der Waals surface area (Å²) in [6.07, 6.45) is 9.48. The number of nitrogens with zero attached hydrogens (tertiary/aromatic N) is 6. The Hall–Kier alpha value is -1.84. The topological polar surface area (TPSA) is 84.2 Å². The molecule has 0 saturated carbocycles. The third-order valence-corrected chi connectivity index (χ3v) is 6.47. The van der Waals surface area contributed by atoms with Crippen molar-refractivity contribution in [2.75, 3.05) is 27.2 Å². The van der Waals surface area contributed by atoms with Gasteiger partial charge in [-0.3, -0.25) is 4.98 Å². The Morgan fingerprint density at radius 3 is 2.64 bits per heavy atom. The summed E-state index contributed by atoms with van der Waals surface area (Å²) in [6, 6.07) is 0. The fourth-order valence-electron chi connectivity index (χ4n) is 3.20. The molecule has 1 atom stereocenters. The molecule has 1 aliphatic rings. The quantitative estimate of drug-likeness (QED) is 0.788. The van der Waals surface area contributed by atoms with E-state index in [1.54, 1.807) is 37.0 Å². The van der Waals surface area contributed by atoms with Crippen molar-refractivity contribution in [1.82, 2.24) is 28.1 Å². The molecule has 8 nitrogen and oxygen atoms in total. The van der Waals surface area contributed by atoms with Crippen molar-refractivity contribution in [3.05, 3.63) is 30.5 Å². The number of piperidine rings is 1. The van der Waals surface area contributed by atoms with Crippen LogP contribution < -0.4 is 0 Å². The smallest absolute Gasteiger partial charge is 0.281 e. The van der Waals surface area contributed by atoms with Crippen LogP contribution in [0, 0.1) is 5.92 Å². The van der Waals surface area contributed by atoms with Crippen molar-refractivity contribution in [3.63, 3.8) is 0 Å². The van der Waals surface area contributed by atoms with E-state index >= 15 is 0 Å². The van der Waals surface area contributed by atoms with Crippen molar-refractivity contribution >= 4 is 10.2 Å². The zero-order chi connectivity index (χ0) is 18.0. The third-order valence-electron chi connectivity index (χ3n) is 4.56. The lowest BCUT2D eigenvalue weighted by Crippen LogP contribution is -2.45. The van der Waals surface area contributed by atoms with Gasteiger partial charge in [0.2, 0.25) is 0 Å². The van der Waals surface area contributed by atoms with Crippen molar-refractivity contribution < 1.29 is 8.42 Å². The van der Waals surface area contributed by atoms with Crippen LogP contribution >= 0.6 is 0 Å². The fourth-order valence-corrected chi connectivity index (χ4v) is 4.43. The molecule has 0 N–H and O–H groups in total. The van der Waals surface area contributed by atoms with Crippen LogP contribution in [0.15, 0.2) is 24.8 Å². The predicted molar refractivity (Wildman–Crippen MR) is 94.8 cm³/mol. The molecule has 0 radical (unpaired) electrons. The fraction of sp³-hybridized carbons (Fsp3) is 0.562. The van der Waals surface area contributed by atoms with Crippen LogP contribution in [0.3, 0.4) is 0 Å². The lowest BCUT2D eigenvalue weighted by atomic mass is 9.94. The minimum atomic E-state index is -3.37. The second kappa shape index (κ2) is 7.19. The van der Waals surface area contributed by atoms with E-state index in [0.29, 0.717) is 19.5 Å². The number of aryl methyl sites for hydroxylation is 1. The van der Waals surface area contributed by atoms with Crippen molar-refractivity contribution in [2.24, 2.45) is 13.0 Å². The molecule has 25 heavy (non-hydrogen) atoms. The highest BCUT2D eigenvalue weighted by Gasteiger charge is 2.31. The van der Waals surface area contributed by atoms with Crippen LogP contribution in [0.5, 0.6) is 0 Å². The molecule has 2 aromatic rings. The van der Waals surface area contributed by atoms with Gasteiger partial charge in [0.1, 0.15) is 5.69 Å². The molecule has 0 amide bonds. The molecule has 1 aliphatic heterocycles. The zero-order valence-corrected chi connectivity index (χ0v) is 15.6. The molecule has 0 aliphatic carbocycles. The van der Waals surface area contributed by atoms with Crippen LogP contribution in [-0.4, -0.2) is 63.7 Å². The van der Waals surface area contributed by atoms with Gasteiger partial charge in [-0.25, -0.2) is 9.97 Å². The first-order chi connectivity index (χ1) is 11.9. The Balaban J connectivity index is 1.81. The van der Waals surface area contributed by atoms with Crippen LogP contribution in [0.25, 0.3) is 11.5 Å². The van der Waals surface area contributed by atoms with Gasteiger partial charge in [0.15, 0.2) is 5.82 Å². The van der Waals surface area contributed by atoms with Crippen molar-refractivity contribution in [2.45, 2.75) is 19.3 Å². The summed E-state index contributed by atoms with van der Waals surface area (Å²) >= 11 is 0. The minimum Gasteiger partial charge on any atom is -0.333 e. The summed E-state index contributed by atoms with van der Waals surface area (Å²) in [4.78, 5) is 13.3. The maximum Gasteiger partial charge on any atom is 0.281 e. The molecule has 3 heterocycles. The van der Waals surface area contributed by atoms with E-state index in [4.69, 9.17) is 0 Å². The van der Waals surface area contributed by atoms with Gasteiger partial charge in [0.25, 0.3) is 10.2 Å². The highest BCUT2D eigenvalue weighted by Crippen LogP contribution is 2.26. The summed E-state index contributed by atoms with van der Waals surface area (Å²) in [5.41, 5.74) is 1.63. The van der Waals surface area contributed by atoms with Gasteiger partial charge in [-0.05, 0) is 25.2 Å².